The maximum absolute atomic E-state index is 2.47. The molecule has 9 aromatic rings. The highest BCUT2D eigenvalue weighted by Crippen LogP contribution is 2.63. The third-order valence-electron chi connectivity index (χ3n) is 12.2. The summed E-state index contributed by atoms with van der Waals surface area (Å²) in [6.45, 7) is 7.27. The van der Waals surface area contributed by atoms with Crippen LogP contribution in [0.4, 0.5) is 17.1 Å². The van der Waals surface area contributed by atoms with E-state index in [0.29, 0.717) is 0 Å². The Morgan fingerprint density at radius 3 is 1.26 bits per heavy atom. The zero-order valence-electron chi connectivity index (χ0n) is 30.8. The Bertz CT molecular complexity index is 2900. The lowest BCUT2D eigenvalue weighted by Gasteiger charge is -2.31. The molecule has 9 aromatic carbocycles. The molecule has 0 N–H and O–H groups in total. The van der Waals surface area contributed by atoms with E-state index < -0.39 is 8.07 Å². The van der Waals surface area contributed by atoms with Crippen molar-refractivity contribution in [2.75, 3.05) is 4.90 Å². The molecule has 0 radical (unpaired) electrons. The van der Waals surface area contributed by atoms with Crippen LogP contribution < -0.4 is 10.1 Å². The monoisotopic (exact) mass is 705 g/mol. The van der Waals surface area contributed by atoms with Gasteiger partial charge in [0.25, 0.3) is 0 Å². The Hall–Kier alpha value is -6.22. The highest BCUT2D eigenvalue weighted by Gasteiger charge is 2.51. The number of hydrogen-bond donors (Lipinski definition) is 0. The summed E-state index contributed by atoms with van der Waals surface area (Å²) >= 11 is 0. The largest absolute Gasteiger partial charge is 0.310 e. The fourth-order valence-electron chi connectivity index (χ4n) is 9.82. The van der Waals surface area contributed by atoms with Crippen LogP contribution in [0.3, 0.4) is 0 Å². The van der Waals surface area contributed by atoms with Gasteiger partial charge in [0.05, 0.1) is 13.5 Å². The van der Waals surface area contributed by atoms with Gasteiger partial charge in [-0.05, 0) is 113 Å². The van der Waals surface area contributed by atoms with Crippen molar-refractivity contribution in [2.45, 2.75) is 25.1 Å². The van der Waals surface area contributed by atoms with E-state index in [4.69, 9.17) is 0 Å². The molecule has 1 spiro atoms. The van der Waals surface area contributed by atoms with E-state index in [0.717, 1.165) is 11.4 Å². The first-order chi connectivity index (χ1) is 26.4. The van der Waals surface area contributed by atoms with Crippen molar-refractivity contribution in [1.82, 2.24) is 0 Å². The second-order valence-electron chi connectivity index (χ2n) is 16.1. The smallest absolute Gasteiger partial charge is 0.0775 e. The number of hydrogen-bond acceptors (Lipinski definition) is 1. The summed E-state index contributed by atoms with van der Waals surface area (Å²) in [4.78, 5) is 2.47. The van der Waals surface area contributed by atoms with Crippen molar-refractivity contribution in [3.63, 3.8) is 0 Å². The second-order valence-corrected chi connectivity index (χ2v) is 21.1. The molecule has 2 aliphatic carbocycles. The van der Waals surface area contributed by atoms with E-state index in [9.17, 15) is 0 Å². The molecule has 0 heterocycles. The van der Waals surface area contributed by atoms with Crippen LogP contribution >= 0.6 is 0 Å². The molecule has 0 amide bonds. The van der Waals surface area contributed by atoms with Gasteiger partial charge in [0.1, 0.15) is 0 Å². The summed E-state index contributed by atoms with van der Waals surface area (Å²) in [5, 5.41) is 9.19. The lowest BCUT2D eigenvalue weighted by molar-refractivity contribution is 0.794. The van der Waals surface area contributed by atoms with Crippen LogP contribution in [0.1, 0.15) is 22.3 Å². The fraction of sp³-hybridized carbons (Fsp3) is 0.0769. The molecule has 0 unspecified atom stereocenters. The average Bonchev–Trinajstić information content (AvgIpc) is 3.68. The normalized spacial score (nSPS) is 13.6. The molecule has 0 bridgehead atoms. The summed E-state index contributed by atoms with van der Waals surface area (Å²) in [6.07, 6.45) is 0. The molecule has 0 atom stereocenters. The molecule has 256 valence electrons. The molecular formula is C52H39NSi. The molecule has 2 heteroatoms. The lowest BCUT2D eigenvalue weighted by Crippen LogP contribution is -2.37. The van der Waals surface area contributed by atoms with Crippen molar-refractivity contribution >= 4 is 62.6 Å². The number of anilines is 3. The first kappa shape index (κ1) is 31.3. The van der Waals surface area contributed by atoms with Crippen molar-refractivity contribution < 1.29 is 0 Å². The van der Waals surface area contributed by atoms with Crippen LogP contribution in [0.25, 0.3) is 54.6 Å². The summed E-state index contributed by atoms with van der Waals surface area (Å²) < 4.78 is 0. The van der Waals surface area contributed by atoms with Gasteiger partial charge < -0.3 is 4.90 Å². The molecule has 54 heavy (non-hydrogen) atoms. The predicted molar refractivity (Wildman–Crippen MR) is 233 cm³/mol. The third kappa shape index (κ3) is 4.26. The maximum atomic E-state index is 2.47. The van der Waals surface area contributed by atoms with E-state index in [-0.39, 0.29) is 5.41 Å². The number of benzene rings is 9. The Morgan fingerprint density at radius 2 is 0.722 bits per heavy atom. The van der Waals surface area contributed by atoms with Crippen LogP contribution in [-0.2, 0) is 5.41 Å². The highest BCUT2D eigenvalue weighted by molar-refractivity contribution is 6.88. The van der Waals surface area contributed by atoms with Crippen molar-refractivity contribution in [1.29, 1.82) is 0 Å². The van der Waals surface area contributed by atoms with Crippen molar-refractivity contribution in [3.05, 3.63) is 204 Å². The highest BCUT2D eigenvalue weighted by atomic mass is 28.3. The van der Waals surface area contributed by atoms with Gasteiger partial charge in [0.15, 0.2) is 0 Å². The summed E-state index contributed by atoms with van der Waals surface area (Å²) in [5.74, 6) is 0. The third-order valence-corrected chi connectivity index (χ3v) is 14.3. The fourth-order valence-corrected chi connectivity index (χ4v) is 11.0. The minimum Gasteiger partial charge on any atom is -0.310 e. The van der Waals surface area contributed by atoms with Crippen LogP contribution in [0.15, 0.2) is 182 Å². The zero-order chi connectivity index (χ0) is 36.2. The van der Waals surface area contributed by atoms with Gasteiger partial charge in [-0.2, -0.15) is 0 Å². The van der Waals surface area contributed by atoms with Gasteiger partial charge in [0, 0.05) is 17.1 Å². The quantitative estimate of drug-likeness (QED) is 0.130. The molecule has 0 aromatic heterocycles. The topological polar surface area (TPSA) is 3.24 Å². The minimum absolute atomic E-state index is 0.357. The Balaban J connectivity index is 1.17. The first-order valence-electron chi connectivity index (χ1n) is 19.1. The van der Waals surface area contributed by atoms with Crippen molar-refractivity contribution in [2.24, 2.45) is 0 Å². The summed E-state index contributed by atoms with van der Waals surface area (Å²) in [7, 11) is -1.49. The maximum Gasteiger partial charge on any atom is 0.0775 e. The van der Waals surface area contributed by atoms with E-state index in [2.05, 4.69) is 207 Å². The lowest BCUT2D eigenvalue weighted by atomic mass is 9.70. The van der Waals surface area contributed by atoms with Gasteiger partial charge in [0.2, 0.25) is 0 Å². The van der Waals surface area contributed by atoms with Crippen molar-refractivity contribution in [3.8, 4) is 22.3 Å². The van der Waals surface area contributed by atoms with Crippen LogP contribution in [0.2, 0.25) is 19.6 Å². The van der Waals surface area contributed by atoms with Crippen LogP contribution in [-0.4, -0.2) is 8.07 Å². The Labute approximate surface area is 317 Å². The van der Waals surface area contributed by atoms with E-state index in [1.165, 1.54) is 87.7 Å². The van der Waals surface area contributed by atoms with Gasteiger partial charge in [-0.3, -0.25) is 0 Å². The van der Waals surface area contributed by atoms with Gasteiger partial charge in [-0.1, -0.05) is 170 Å². The average molecular weight is 706 g/mol. The molecule has 0 aliphatic heterocycles. The Morgan fingerprint density at radius 1 is 0.333 bits per heavy atom. The van der Waals surface area contributed by atoms with Gasteiger partial charge >= 0.3 is 0 Å². The molecule has 0 fully saturated rings. The summed E-state index contributed by atoms with van der Waals surface area (Å²) in [5.41, 5.74) is 13.9. The molecular weight excluding hydrogens is 667 g/mol. The zero-order valence-corrected chi connectivity index (χ0v) is 31.8. The molecule has 11 rings (SSSR count). The summed E-state index contributed by atoms with van der Waals surface area (Å²) in [6, 6.07) is 68.6. The van der Waals surface area contributed by atoms with Crippen LogP contribution in [0, 0.1) is 0 Å². The Kier molecular flexibility index (Phi) is 6.60. The number of fused-ring (bicyclic) bond motifs is 16. The SMILES string of the molecule is C[Si](C)(C)c1ccc(N(c2ccc3c(c2)-c2ccccc2C32c3ccccc3-c3ccccc32)c2ccc3c4ccccc4c4ccccc4c3c2)cc1. The molecule has 2 aliphatic rings. The van der Waals surface area contributed by atoms with E-state index in [1.54, 1.807) is 0 Å². The first-order valence-corrected chi connectivity index (χ1v) is 22.6. The van der Waals surface area contributed by atoms with E-state index >= 15 is 0 Å². The molecule has 1 nitrogen and oxygen atoms in total. The number of rotatable bonds is 4. The van der Waals surface area contributed by atoms with E-state index in [1.807, 2.05) is 0 Å². The van der Waals surface area contributed by atoms with Gasteiger partial charge in [-0.15, -0.1) is 0 Å². The molecule has 0 saturated carbocycles. The predicted octanol–water partition coefficient (Wildman–Crippen LogP) is 13.5. The number of nitrogens with zero attached hydrogens (tertiary/aromatic N) is 1. The second kappa shape index (κ2) is 11.4. The standard InChI is InChI=1S/C52H39NSi/c1-54(2,3)37-28-24-34(25-29-37)53(35-26-30-42-40-16-5-4-14-38(40)39-15-6-7-17-41(39)46(42)32-35)36-27-31-51-47(33-36)45-20-10-13-23-50(45)52(51)48-21-11-8-18-43(48)44-19-9-12-22-49(44)52/h4-33H,1-3H3. The molecule has 0 saturated heterocycles. The van der Waals surface area contributed by atoms with Gasteiger partial charge in [-0.25, -0.2) is 0 Å². The van der Waals surface area contributed by atoms with Crippen LogP contribution in [0.5, 0.6) is 0 Å². The minimum atomic E-state index is -1.49.